The zero-order valence-electron chi connectivity index (χ0n) is 6.86. The third-order valence-electron chi connectivity index (χ3n) is 1.83. The van der Waals surface area contributed by atoms with Crippen LogP contribution >= 0.6 is 0 Å². The molecule has 2 aromatic rings. The van der Waals surface area contributed by atoms with Gasteiger partial charge in [-0.05, 0) is 6.42 Å². The van der Waals surface area contributed by atoms with Crippen molar-refractivity contribution in [1.29, 1.82) is 0 Å². The standard InChI is InChI=1S/C8H10N4/c1-2-6-3-11-12-5-7(9)4-10-8(6)12/h3-5H,2,9H2,1H3. The molecule has 2 aromatic heterocycles. The quantitative estimate of drug-likeness (QED) is 0.677. The molecule has 0 atom stereocenters. The molecule has 0 saturated carbocycles. The molecule has 0 amide bonds. The maximum absolute atomic E-state index is 5.55. The lowest BCUT2D eigenvalue weighted by atomic mass is 10.3. The number of aromatic nitrogens is 3. The highest BCUT2D eigenvalue weighted by atomic mass is 15.2. The monoisotopic (exact) mass is 162 g/mol. The van der Waals surface area contributed by atoms with E-state index in [4.69, 9.17) is 5.73 Å². The molecule has 0 aliphatic heterocycles. The lowest BCUT2D eigenvalue weighted by Gasteiger charge is -1.95. The molecular formula is C8H10N4. The molecule has 12 heavy (non-hydrogen) atoms. The SMILES string of the molecule is CCc1cnn2cc(N)cnc12. The van der Waals surface area contributed by atoms with Crippen molar-refractivity contribution in [2.45, 2.75) is 13.3 Å². The third kappa shape index (κ3) is 0.922. The molecule has 0 radical (unpaired) electrons. The van der Waals surface area contributed by atoms with E-state index in [0.717, 1.165) is 17.6 Å². The van der Waals surface area contributed by atoms with E-state index in [0.29, 0.717) is 5.69 Å². The lowest BCUT2D eigenvalue weighted by molar-refractivity contribution is 0.942. The minimum atomic E-state index is 0.633. The van der Waals surface area contributed by atoms with E-state index in [-0.39, 0.29) is 0 Å². The van der Waals surface area contributed by atoms with Crippen LogP contribution in [0.5, 0.6) is 0 Å². The van der Waals surface area contributed by atoms with Gasteiger partial charge in [-0.15, -0.1) is 0 Å². The molecule has 0 saturated heterocycles. The van der Waals surface area contributed by atoms with Crippen molar-refractivity contribution in [2.75, 3.05) is 5.73 Å². The molecule has 4 heteroatoms. The highest BCUT2D eigenvalue weighted by Gasteiger charge is 2.01. The van der Waals surface area contributed by atoms with Crippen molar-refractivity contribution in [3.8, 4) is 0 Å². The zero-order valence-corrected chi connectivity index (χ0v) is 6.86. The fourth-order valence-corrected chi connectivity index (χ4v) is 1.19. The van der Waals surface area contributed by atoms with E-state index in [2.05, 4.69) is 17.0 Å². The number of hydrogen-bond acceptors (Lipinski definition) is 3. The van der Waals surface area contributed by atoms with E-state index < -0.39 is 0 Å². The van der Waals surface area contributed by atoms with Crippen LogP contribution in [-0.4, -0.2) is 14.6 Å². The van der Waals surface area contributed by atoms with Gasteiger partial charge >= 0.3 is 0 Å². The van der Waals surface area contributed by atoms with Gasteiger partial charge < -0.3 is 5.73 Å². The second kappa shape index (κ2) is 2.48. The molecule has 0 bridgehead atoms. The molecular weight excluding hydrogens is 152 g/mol. The van der Waals surface area contributed by atoms with Crippen molar-refractivity contribution in [3.63, 3.8) is 0 Å². The van der Waals surface area contributed by atoms with E-state index >= 15 is 0 Å². The fraction of sp³-hybridized carbons (Fsp3) is 0.250. The number of nitrogen functional groups attached to an aromatic ring is 1. The Morgan fingerprint density at radius 3 is 3.08 bits per heavy atom. The summed E-state index contributed by atoms with van der Waals surface area (Å²) >= 11 is 0. The molecule has 0 aromatic carbocycles. The van der Waals surface area contributed by atoms with Crippen LogP contribution < -0.4 is 5.73 Å². The van der Waals surface area contributed by atoms with Gasteiger partial charge in [0, 0.05) is 5.56 Å². The van der Waals surface area contributed by atoms with Crippen LogP contribution in [0.25, 0.3) is 5.65 Å². The summed E-state index contributed by atoms with van der Waals surface area (Å²) in [5, 5.41) is 4.12. The first kappa shape index (κ1) is 7.09. The Bertz CT molecular complexity index is 404. The van der Waals surface area contributed by atoms with Crippen LogP contribution in [-0.2, 0) is 6.42 Å². The summed E-state index contributed by atoms with van der Waals surface area (Å²) < 4.78 is 1.70. The first-order valence-electron chi connectivity index (χ1n) is 3.89. The minimum Gasteiger partial charge on any atom is -0.396 e. The van der Waals surface area contributed by atoms with Crippen molar-refractivity contribution in [3.05, 3.63) is 24.2 Å². The van der Waals surface area contributed by atoms with Crippen LogP contribution in [0.2, 0.25) is 0 Å². The van der Waals surface area contributed by atoms with Gasteiger partial charge in [-0.2, -0.15) is 5.10 Å². The Hall–Kier alpha value is -1.58. The van der Waals surface area contributed by atoms with Gasteiger partial charge in [0.05, 0.1) is 24.3 Å². The van der Waals surface area contributed by atoms with Gasteiger partial charge in [0.2, 0.25) is 0 Å². The predicted octanol–water partition coefficient (Wildman–Crippen LogP) is 0.874. The summed E-state index contributed by atoms with van der Waals surface area (Å²) in [7, 11) is 0. The predicted molar refractivity (Wildman–Crippen MR) is 46.8 cm³/mol. The van der Waals surface area contributed by atoms with Crippen LogP contribution in [0, 0.1) is 0 Å². The van der Waals surface area contributed by atoms with Crippen molar-refractivity contribution < 1.29 is 0 Å². The van der Waals surface area contributed by atoms with Gasteiger partial charge in [-0.1, -0.05) is 6.92 Å². The van der Waals surface area contributed by atoms with E-state index in [1.165, 1.54) is 0 Å². The minimum absolute atomic E-state index is 0.633. The highest BCUT2D eigenvalue weighted by molar-refractivity contribution is 5.49. The van der Waals surface area contributed by atoms with Gasteiger partial charge in [0.1, 0.15) is 0 Å². The average Bonchev–Trinajstić information content (AvgIpc) is 2.46. The number of nitrogens with zero attached hydrogens (tertiary/aromatic N) is 3. The average molecular weight is 162 g/mol. The summed E-state index contributed by atoms with van der Waals surface area (Å²) in [6, 6.07) is 0. The van der Waals surface area contributed by atoms with Crippen LogP contribution in [0.3, 0.4) is 0 Å². The number of nitrogens with two attached hydrogens (primary N) is 1. The Balaban J connectivity index is 2.73. The molecule has 0 spiro atoms. The van der Waals surface area contributed by atoms with Crippen molar-refractivity contribution in [2.24, 2.45) is 0 Å². The molecule has 62 valence electrons. The Morgan fingerprint density at radius 2 is 2.33 bits per heavy atom. The van der Waals surface area contributed by atoms with Crippen LogP contribution in [0.1, 0.15) is 12.5 Å². The summed E-state index contributed by atoms with van der Waals surface area (Å²) in [6.07, 6.45) is 6.18. The molecule has 2 heterocycles. The number of hydrogen-bond donors (Lipinski definition) is 1. The smallest absolute Gasteiger partial charge is 0.158 e. The van der Waals surface area contributed by atoms with Crippen molar-refractivity contribution in [1.82, 2.24) is 14.6 Å². The second-order valence-corrected chi connectivity index (χ2v) is 2.68. The summed E-state index contributed by atoms with van der Waals surface area (Å²) in [4.78, 5) is 4.19. The second-order valence-electron chi connectivity index (χ2n) is 2.68. The Labute approximate surface area is 70.0 Å². The maximum Gasteiger partial charge on any atom is 0.158 e. The van der Waals surface area contributed by atoms with Gasteiger partial charge in [0.15, 0.2) is 5.65 Å². The number of aryl methyl sites for hydroxylation is 1. The third-order valence-corrected chi connectivity index (χ3v) is 1.83. The Morgan fingerprint density at radius 1 is 1.50 bits per heavy atom. The van der Waals surface area contributed by atoms with Gasteiger partial charge in [-0.3, -0.25) is 0 Å². The molecule has 2 N–H and O–H groups in total. The van der Waals surface area contributed by atoms with Gasteiger partial charge in [0.25, 0.3) is 0 Å². The molecule has 0 fully saturated rings. The fourth-order valence-electron chi connectivity index (χ4n) is 1.19. The molecule has 4 nitrogen and oxygen atoms in total. The van der Waals surface area contributed by atoms with Crippen LogP contribution in [0.15, 0.2) is 18.6 Å². The summed E-state index contributed by atoms with van der Waals surface area (Å²) in [5.41, 5.74) is 8.23. The number of fused-ring (bicyclic) bond motifs is 1. The number of rotatable bonds is 1. The largest absolute Gasteiger partial charge is 0.396 e. The van der Waals surface area contributed by atoms with E-state index in [1.807, 2.05) is 6.20 Å². The van der Waals surface area contributed by atoms with Gasteiger partial charge in [-0.25, -0.2) is 9.50 Å². The van der Waals surface area contributed by atoms with E-state index in [1.54, 1.807) is 16.9 Å². The number of anilines is 1. The molecule has 0 unspecified atom stereocenters. The first-order valence-corrected chi connectivity index (χ1v) is 3.89. The normalized spacial score (nSPS) is 10.8. The first-order chi connectivity index (χ1) is 5.81. The van der Waals surface area contributed by atoms with E-state index in [9.17, 15) is 0 Å². The lowest BCUT2D eigenvalue weighted by Crippen LogP contribution is -1.94. The summed E-state index contributed by atoms with van der Waals surface area (Å²) in [5.74, 6) is 0. The van der Waals surface area contributed by atoms with Crippen molar-refractivity contribution >= 4 is 11.3 Å². The van der Waals surface area contributed by atoms with Crippen LogP contribution in [0.4, 0.5) is 5.69 Å². The molecule has 0 aliphatic carbocycles. The molecule has 0 aliphatic rings. The topological polar surface area (TPSA) is 56.2 Å². The Kier molecular flexibility index (Phi) is 1.46. The summed E-state index contributed by atoms with van der Waals surface area (Å²) in [6.45, 7) is 2.08. The maximum atomic E-state index is 5.55. The molecule has 2 rings (SSSR count). The zero-order chi connectivity index (χ0) is 8.55. The highest BCUT2D eigenvalue weighted by Crippen LogP contribution is 2.09.